The maximum Gasteiger partial charge on any atom is 0.251 e. The molecule has 4 heterocycles. The topological polar surface area (TPSA) is 113 Å². The second-order valence-electron chi connectivity index (χ2n) is 9.37. The first kappa shape index (κ1) is 25.9. The van der Waals surface area contributed by atoms with E-state index in [0.717, 1.165) is 73.0 Å². The first-order valence-electron chi connectivity index (χ1n) is 13.0. The summed E-state index contributed by atoms with van der Waals surface area (Å²) in [6, 6.07) is 6.15. The van der Waals surface area contributed by atoms with Gasteiger partial charge in [0.05, 0.1) is 23.0 Å². The second-order valence-corrected chi connectivity index (χ2v) is 12.4. The number of carbonyl (C=O) groups excluding carboxylic acids is 1. The van der Waals surface area contributed by atoms with Crippen molar-refractivity contribution < 1.29 is 13.2 Å². The van der Waals surface area contributed by atoms with Gasteiger partial charge in [-0.2, -0.15) is 9.40 Å². The number of nitrogens with zero attached hydrogens (tertiary/aromatic N) is 6. The third-order valence-corrected chi connectivity index (χ3v) is 9.69. The van der Waals surface area contributed by atoms with Gasteiger partial charge in [-0.1, -0.05) is 18.7 Å². The van der Waals surface area contributed by atoms with Crippen LogP contribution in [0.4, 0.5) is 5.82 Å². The van der Waals surface area contributed by atoms with Gasteiger partial charge in [0.25, 0.3) is 5.91 Å². The number of thioether (sulfide) groups is 1. The fourth-order valence-electron chi connectivity index (χ4n) is 4.75. The highest BCUT2D eigenvalue weighted by molar-refractivity contribution is 7.99. The van der Waals surface area contributed by atoms with Crippen molar-refractivity contribution in [3.8, 4) is 0 Å². The van der Waals surface area contributed by atoms with E-state index in [1.165, 1.54) is 16.4 Å². The maximum absolute atomic E-state index is 12.7. The predicted molar refractivity (Wildman–Crippen MR) is 145 cm³/mol. The Morgan fingerprint density at radius 1 is 1.03 bits per heavy atom. The smallest absolute Gasteiger partial charge is 0.251 e. The van der Waals surface area contributed by atoms with Crippen molar-refractivity contribution >= 4 is 44.5 Å². The van der Waals surface area contributed by atoms with Crippen LogP contribution in [0.15, 0.2) is 40.5 Å². The molecule has 37 heavy (non-hydrogen) atoms. The summed E-state index contributed by atoms with van der Waals surface area (Å²) >= 11 is 1.65. The monoisotopic (exact) mass is 543 g/mol. The Morgan fingerprint density at radius 3 is 2.43 bits per heavy atom. The van der Waals surface area contributed by atoms with Gasteiger partial charge < -0.3 is 10.2 Å². The van der Waals surface area contributed by atoms with Gasteiger partial charge in [-0.15, -0.1) is 0 Å². The molecule has 0 bridgehead atoms. The summed E-state index contributed by atoms with van der Waals surface area (Å²) in [7, 11) is -3.50. The summed E-state index contributed by atoms with van der Waals surface area (Å²) in [6.45, 7) is 6.05. The fraction of sp³-hybridized carbons (Fsp3) is 0.520. The normalized spacial score (nSPS) is 16.6. The van der Waals surface area contributed by atoms with Crippen LogP contribution in [0.1, 0.15) is 49.4 Å². The average molecular weight is 544 g/mol. The van der Waals surface area contributed by atoms with Crippen LogP contribution in [0.2, 0.25) is 0 Å². The zero-order valence-electron chi connectivity index (χ0n) is 21.1. The zero-order chi connectivity index (χ0) is 25.8. The van der Waals surface area contributed by atoms with Gasteiger partial charge in [0.1, 0.15) is 5.82 Å². The number of rotatable bonds is 10. The van der Waals surface area contributed by atoms with Crippen molar-refractivity contribution in [2.45, 2.75) is 55.6 Å². The highest BCUT2D eigenvalue weighted by Gasteiger charge is 2.27. The molecule has 2 aliphatic heterocycles. The number of fused-ring (bicyclic) bond motifs is 1. The lowest BCUT2D eigenvalue weighted by atomic mass is 10.2. The summed E-state index contributed by atoms with van der Waals surface area (Å²) in [5.74, 6) is 1.64. The third kappa shape index (κ3) is 5.60. The van der Waals surface area contributed by atoms with Crippen LogP contribution in [0.3, 0.4) is 0 Å². The second kappa shape index (κ2) is 11.4. The molecule has 0 atom stereocenters. The number of amides is 1. The number of hydrogen-bond acceptors (Lipinski definition) is 8. The number of sulfonamides is 1. The molecule has 2 saturated heterocycles. The molecule has 2 fully saturated rings. The summed E-state index contributed by atoms with van der Waals surface area (Å²) in [5, 5.41) is 9.16. The van der Waals surface area contributed by atoms with Gasteiger partial charge in [-0.3, -0.25) is 4.79 Å². The van der Waals surface area contributed by atoms with Gasteiger partial charge in [0, 0.05) is 44.0 Å². The van der Waals surface area contributed by atoms with E-state index in [2.05, 4.69) is 22.2 Å². The Morgan fingerprint density at radius 2 is 1.73 bits per heavy atom. The molecular weight excluding hydrogens is 510 g/mol. The van der Waals surface area contributed by atoms with E-state index in [0.29, 0.717) is 31.7 Å². The van der Waals surface area contributed by atoms with E-state index in [4.69, 9.17) is 9.97 Å². The Hall–Kier alpha value is -2.70. The lowest BCUT2D eigenvalue weighted by Crippen LogP contribution is -2.29. The van der Waals surface area contributed by atoms with Crippen LogP contribution in [0.25, 0.3) is 11.0 Å². The van der Waals surface area contributed by atoms with Gasteiger partial charge in [0.2, 0.25) is 10.0 Å². The highest BCUT2D eigenvalue weighted by Crippen LogP contribution is 2.29. The zero-order valence-corrected chi connectivity index (χ0v) is 22.7. The molecule has 3 aromatic rings. The fourth-order valence-corrected chi connectivity index (χ4v) is 6.95. The largest absolute Gasteiger partial charge is 0.356 e. The van der Waals surface area contributed by atoms with Crippen molar-refractivity contribution in [2.75, 3.05) is 43.4 Å². The Balaban J connectivity index is 1.25. The van der Waals surface area contributed by atoms with Gasteiger partial charge in [0.15, 0.2) is 10.8 Å². The number of anilines is 1. The number of carbonyl (C=O) groups is 1. The maximum atomic E-state index is 12.7. The molecule has 1 amide bonds. The van der Waals surface area contributed by atoms with E-state index in [1.807, 2.05) is 10.9 Å². The molecule has 10 nitrogen and oxygen atoms in total. The van der Waals surface area contributed by atoms with Gasteiger partial charge >= 0.3 is 0 Å². The van der Waals surface area contributed by atoms with E-state index < -0.39 is 10.0 Å². The standard InChI is InChI=1S/C25H33N7O3S2/c1-2-17-36-25-28-22(30-12-3-4-13-30)21-18-27-32(23(21)29-25)16-11-26-24(33)19-7-9-20(10-8-19)37(34,35)31-14-5-6-15-31/h7-10,18H,2-6,11-17H2,1H3,(H,26,33). The molecule has 12 heteroatoms. The Labute approximate surface area is 221 Å². The van der Waals surface area contributed by atoms with E-state index in [9.17, 15) is 13.2 Å². The SMILES string of the molecule is CCCSc1nc(N2CCCC2)c2cnn(CCNC(=O)c3ccc(S(=O)(=O)N4CCCC4)cc3)c2n1. The van der Waals surface area contributed by atoms with E-state index in [-0.39, 0.29) is 10.8 Å². The van der Waals surface area contributed by atoms with Crippen molar-refractivity contribution in [3.63, 3.8) is 0 Å². The molecule has 198 valence electrons. The van der Waals surface area contributed by atoms with Crippen LogP contribution >= 0.6 is 11.8 Å². The van der Waals surface area contributed by atoms with Crippen molar-refractivity contribution in [2.24, 2.45) is 0 Å². The molecule has 0 aliphatic carbocycles. The number of aromatic nitrogens is 4. The summed E-state index contributed by atoms with van der Waals surface area (Å²) < 4.78 is 28.8. The first-order chi connectivity index (χ1) is 18.0. The lowest BCUT2D eigenvalue weighted by molar-refractivity contribution is 0.0952. The van der Waals surface area contributed by atoms with Crippen molar-refractivity contribution in [1.29, 1.82) is 0 Å². The molecular formula is C25H33N7O3S2. The minimum Gasteiger partial charge on any atom is -0.356 e. The average Bonchev–Trinajstić information content (AvgIpc) is 3.70. The Bertz CT molecular complexity index is 1350. The molecule has 0 radical (unpaired) electrons. The van der Waals surface area contributed by atoms with Crippen LogP contribution in [-0.2, 0) is 16.6 Å². The van der Waals surface area contributed by atoms with Crippen LogP contribution in [0.5, 0.6) is 0 Å². The number of benzene rings is 1. The minimum absolute atomic E-state index is 0.221. The Kier molecular flexibility index (Phi) is 7.96. The predicted octanol–water partition coefficient (Wildman–Crippen LogP) is 3.14. The number of nitrogens with one attached hydrogen (secondary N) is 1. The first-order valence-corrected chi connectivity index (χ1v) is 15.4. The van der Waals surface area contributed by atoms with Crippen LogP contribution < -0.4 is 10.2 Å². The van der Waals surface area contributed by atoms with Gasteiger partial charge in [-0.25, -0.2) is 23.1 Å². The molecule has 1 N–H and O–H groups in total. The van der Waals surface area contributed by atoms with E-state index >= 15 is 0 Å². The van der Waals surface area contributed by atoms with Crippen molar-refractivity contribution in [1.82, 2.24) is 29.4 Å². The molecule has 0 spiro atoms. The molecule has 0 unspecified atom stereocenters. The summed E-state index contributed by atoms with van der Waals surface area (Å²) in [6.07, 6.45) is 6.95. The molecule has 1 aromatic carbocycles. The summed E-state index contributed by atoms with van der Waals surface area (Å²) in [4.78, 5) is 24.9. The molecule has 0 saturated carbocycles. The van der Waals surface area contributed by atoms with Gasteiger partial charge in [-0.05, 0) is 56.4 Å². The quantitative estimate of drug-likeness (QED) is 0.307. The van der Waals surface area contributed by atoms with E-state index in [1.54, 1.807) is 23.9 Å². The summed E-state index contributed by atoms with van der Waals surface area (Å²) in [5.41, 5.74) is 1.20. The van der Waals surface area contributed by atoms with Crippen LogP contribution in [-0.4, -0.2) is 76.9 Å². The lowest BCUT2D eigenvalue weighted by Gasteiger charge is -2.18. The molecule has 5 rings (SSSR count). The third-order valence-electron chi connectivity index (χ3n) is 6.72. The molecule has 2 aliphatic rings. The molecule has 2 aromatic heterocycles. The minimum atomic E-state index is -3.50. The number of hydrogen-bond donors (Lipinski definition) is 1. The highest BCUT2D eigenvalue weighted by atomic mass is 32.2. The van der Waals surface area contributed by atoms with Crippen molar-refractivity contribution in [3.05, 3.63) is 36.0 Å². The van der Waals surface area contributed by atoms with Crippen LogP contribution in [0, 0.1) is 0 Å².